The van der Waals surface area contributed by atoms with Gasteiger partial charge in [-0.25, -0.2) is 0 Å². The summed E-state index contributed by atoms with van der Waals surface area (Å²) in [6.45, 7) is 0. The molecule has 0 spiro atoms. The molecule has 0 aromatic heterocycles. The van der Waals surface area contributed by atoms with Crippen molar-refractivity contribution in [3.63, 3.8) is 0 Å². The van der Waals surface area contributed by atoms with Crippen LogP contribution in [0.15, 0.2) is 30.3 Å². The van der Waals surface area contributed by atoms with Crippen LogP contribution in [0.1, 0.15) is 37.7 Å². The van der Waals surface area contributed by atoms with Crippen molar-refractivity contribution in [1.29, 1.82) is 0 Å². The van der Waals surface area contributed by atoms with Crippen molar-refractivity contribution in [3.8, 4) is 5.75 Å². The molecule has 4 nitrogen and oxygen atoms in total. The van der Waals surface area contributed by atoms with Crippen LogP contribution in [0.4, 0.5) is 0 Å². The second-order valence-corrected chi connectivity index (χ2v) is 5.52. The fraction of sp³-hybridized carbons (Fsp3) is 0.471. The number of rotatable bonds is 4. The lowest BCUT2D eigenvalue weighted by atomic mass is 10.0. The average molecular weight is 288 g/mol. The number of amides is 1. The molecule has 0 aliphatic heterocycles. The lowest BCUT2D eigenvalue weighted by Crippen LogP contribution is -2.46. The van der Waals surface area contributed by atoms with E-state index in [1.165, 1.54) is 6.42 Å². The fourth-order valence-corrected chi connectivity index (χ4v) is 2.63. The molecule has 1 aromatic carbocycles. The zero-order valence-electron chi connectivity index (χ0n) is 12.5. The number of hydrogen-bond donors (Lipinski definition) is 2. The molecular weight excluding hydrogens is 264 g/mol. The van der Waals surface area contributed by atoms with Gasteiger partial charge in [0.2, 0.25) is 5.91 Å². The zero-order chi connectivity index (χ0) is 15.1. The van der Waals surface area contributed by atoms with Crippen LogP contribution in [0, 0.1) is 0 Å². The van der Waals surface area contributed by atoms with Gasteiger partial charge in [0.15, 0.2) is 0 Å². The molecule has 2 rings (SSSR count). The van der Waals surface area contributed by atoms with Crippen molar-refractivity contribution in [2.75, 3.05) is 7.11 Å². The Morgan fingerprint density at radius 3 is 2.67 bits per heavy atom. The first-order valence-corrected chi connectivity index (χ1v) is 7.57. The molecule has 114 valence electrons. The molecule has 0 bridgehead atoms. The second kappa shape index (κ2) is 7.84. The van der Waals surface area contributed by atoms with Crippen LogP contribution in [0.3, 0.4) is 0 Å². The first-order valence-electron chi connectivity index (χ1n) is 7.57. The molecule has 0 heterocycles. The van der Waals surface area contributed by atoms with Gasteiger partial charge in [-0.3, -0.25) is 4.79 Å². The summed E-state index contributed by atoms with van der Waals surface area (Å²) >= 11 is 0. The van der Waals surface area contributed by atoms with Crippen molar-refractivity contribution in [2.24, 2.45) is 5.73 Å². The monoisotopic (exact) mass is 288 g/mol. The molecule has 1 aliphatic rings. The Hall–Kier alpha value is -1.81. The quantitative estimate of drug-likeness (QED) is 0.661. The van der Waals surface area contributed by atoms with Gasteiger partial charge in [-0.2, -0.15) is 0 Å². The van der Waals surface area contributed by atoms with E-state index in [4.69, 9.17) is 10.5 Å². The van der Waals surface area contributed by atoms with Crippen molar-refractivity contribution in [1.82, 2.24) is 5.32 Å². The first kappa shape index (κ1) is 15.6. The zero-order valence-corrected chi connectivity index (χ0v) is 12.5. The van der Waals surface area contributed by atoms with E-state index in [0.29, 0.717) is 0 Å². The lowest BCUT2D eigenvalue weighted by molar-refractivity contribution is -0.117. The highest BCUT2D eigenvalue weighted by atomic mass is 16.5. The highest BCUT2D eigenvalue weighted by Crippen LogP contribution is 2.17. The van der Waals surface area contributed by atoms with Crippen LogP contribution in [0.2, 0.25) is 0 Å². The Balaban J connectivity index is 1.89. The molecule has 1 saturated carbocycles. The molecule has 4 heteroatoms. The van der Waals surface area contributed by atoms with Crippen molar-refractivity contribution in [2.45, 2.75) is 44.2 Å². The number of ether oxygens (including phenoxy) is 1. The Labute approximate surface area is 126 Å². The maximum absolute atomic E-state index is 12.0. The fourth-order valence-electron chi connectivity index (χ4n) is 2.63. The molecular formula is C17H24N2O2. The maximum Gasteiger partial charge on any atom is 0.244 e. The van der Waals surface area contributed by atoms with Crippen LogP contribution in [-0.4, -0.2) is 25.1 Å². The van der Waals surface area contributed by atoms with E-state index >= 15 is 0 Å². The van der Waals surface area contributed by atoms with E-state index in [2.05, 4.69) is 5.32 Å². The summed E-state index contributed by atoms with van der Waals surface area (Å²) in [5.41, 5.74) is 7.08. The molecule has 2 unspecified atom stereocenters. The van der Waals surface area contributed by atoms with Crippen LogP contribution < -0.4 is 15.8 Å². The second-order valence-electron chi connectivity index (χ2n) is 5.52. The highest BCUT2D eigenvalue weighted by molar-refractivity contribution is 5.91. The van der Waals surface area contributed by atoms with Gasteiger partial charge in [0.25, 0.3) is 0 Å². The van der Waals surface area contributed by atoms with E-state index < -0.39 is 0 Å². The van der Waals surface area contributed by atoms with Crippen LogP contribution >= 0.6 is 0 Å². The van der Waals surface area contributed by atoms with Gasteiger partial charge < -0.3 is 15.8 Å². The Bertz CT molecular complexity index is 482. The Kier molecular flexibility index (Phi) is 5.81. The smallest absolute Gasteiger partial charge is 0.244 e. The molecule has 21 heavy (non-hydrogen) atoms. The van der Waals surface area contributed by atoms with Crippen molar-refractivity contribution >= 4 is 12.0 Å². The molecule has 0 radical (unpaired) electrons. The van der Waals surface area contributed by atoms with E-state index in [9.17, 15) is 4.79 Å². The molecule has 1 fully saturated rings. The molecule has 1 aromatic rings. The summed E-state index contributed by atoms with van der Waals surface area (Å²) in [6.07, 6.45) is 8.85. The Morgan fingerprint density at radius 1 is 1.24 bits per heavy atom. The predicted octanol–water partition coefficient (Wildman–Crippen LogP) is 2.48. The van der Waals surface area contributed by atoms with Crippen molar-refractivity contribution < 1.29 is 9.53 Å². The van der Waals surface area contributed by atoms with Gasteiger partial charge in [0.05, 0.1) is 7.11 Å². The standard InChI is InChI=1S/C17H24N2O2/c1-21-14-10-7-13(8-11-14)9-12-17(20)19-16-6-4-2-3-5-15(16)18/h7-12,15-16H,2-6,18H2,1H3,(H,19,20). The van der Waals surface area contributed by atoms with Crippen molar-refractivity contribution in [3.05, 3.63) is 35.9 Å². The predicted molar refractivity (Wildman–Crippen MR) is 85.0 cm³/mol. The number of methoxy groups -OCH3 is 1. The van der Waals surface area contributed by atoms with Gasteiger partial charge >= 0.3 is 0 Å². The SMILES string of the molecule is COc1ccc(C=CC(=O)NC2CCCCCC2N)cc1. The number of carbonyl (C=O) groups is 1. The average Bonchev–Trinajstić information content (AvgIpc) is 2.71. The Morgan fingerprint density at radius 2 is 1.95 bits per heavy atom. The van der Waals surface area contributed by atoms with E-state index in [1.807, 2.05) is 24.3 Å². The summed E-state index contributed by atoms with van der Waals surface area (Å²) < 4.78 is 5.10. The summed E-state index contributed by atoms with van der Waals surface area (Å²) in [4.78, 5) is 12.0. The molecule has 1 amide bonds. The van der Waals surface area contributed by atoms with Gasteiger partial charge in [0.1, 0.15) is 5.75 Å². The van der Waals surface area contributed by atoms with Gasteiger partial charge in [-0.15, -0.1) is 0 Å². The summed E-state index contributed by atoms with van der Waals surface area (Å²) in [7, 11) is 1.63. The molecule has 3 N–H and O–H groups in total. The summed E-state index contributed by atoms with van der Waals surface area (Å²) in [5.74, 6) is 0.731. The van der Waals surface area contributed by atoms with Crippen LogP contribution in [0.25, 0.3) is 6.08 Å². The van der Waals surface area contributed by atoms with Gasteiger partial charge in [0, 0.05) is 18.2 Å². The van der Waals surface area contributed by atoms with E-state index in [1.54, 1.807) is 19.3 Å². The third-order valence-corrected chi connectivity index (χ3v) is 3.94. The number of benzene rings is 1. The molecule has 1 aliphatic carbocycles. The van der Waals surface area contributed by atoms with E-state index in [-0.39, 0.29) is 18.0 Å². The maximum atomic E-state index is 12.0. The summed E-state index contributed by atoms with van der Waals surface area (Å²) in [6, 6.07) is 7.75. The minimum absolute atomic E-state index is 0.0748. The molecule has 2 atom stereocenters. The third kappa shape index (κ3) is 4.90. The largest absolute Gasteiger partial charge is 0.497 e. The number of nitrogens with one attached hydrogen (secondary N) is 1. The highest BCUT2D eigenvalue weighted by Gasteiger charge is 2.20. The molecule has 0 saturated heterocycles. The van der Waals surface area contributed by atoms with E-state index in [0.717, 1.165) is 37.0 Å². The number of hydrogen-bond acceptors (Lipinski definition) is 3. The lowest BCUT2D eigenvalue weighted by Gasteiger charge is -2.21. The minimum Gasteiger partial charge on any atom is -0.497 e. The summed E-state index contributed by atoms with van der Waals surface area (Å²) in [5, 5.41) is 3.03. The first-order chi connectivity index (χ1) is 10.2. The van der Waals surface area contributed by atoms with Crippen LogP contribution in [0.5, 0.6) is 5.75 Å². The van der Waals surface area contributed by atoms with Crippen LogP contribution in [-0.2, 0) is 4.79 Å². The topological polar surface area (TPSA) is 64.3 Å². The number of carbonyl (C=O) groups excluding carboxylic acids is 1. The third-order valence-electron chi connectivity index (χ3n) is 3.94. The minimum atomic E-state index is -0.0758. The van der Waals surface area contributed by atoms with Gasteiger partial charge in [-0.05, 0) is 36.6 Å². The normalized spacial score (nSPS) is 22.8. The number of nitrogens with two attached hydrogens (primary N) is 1. The van der Waals surface area contributed by atoms with Gasteiger partial charge in [-0.1, -0.05) is 31.4 Å².